The Morgan fingerprint density at radius 1 is 1.26 bits per heavy atom. The van der Waals surface area contributed by atoms with Crippen molar-refractivity contribution in [2.45, 2.75) is 33.8 Å². The van der Waals surface area contributed by atoms with Crippen LogP contribution in [-0.2, 0) is 13.0 Å². The molecule has 0 fully saturated rings. The Morgan fingerprint density at radius 3 is 2.79 bits per heavy atom. The molecule has 0 aliphatic heterocycles. The third-order valence-corrected chi connectivity index (χ3v) is 4.41. The molecule has 0 bridgehead atoms. The van der Waals surface area contributed by atoms with E-state index >= 15 is 0 Å². The average molecular weight is 276 g/mol. The number of rotatable bonds is 5. The zero-order chi connectivity index (χ0) is 13.8. The number of thiazole rings is 1. The normalized spacial score (nSPS) is 10.7. The Bertz CT molecular complexity index is 563. The first-order valence-electron chi connectivity index (χ1n) is 6.46. The van der Waals surface area contributed by atoms with Crippen molar-refractivity contribution in [2.24, 2.45) is 5.73 Å². The fourth-order valence-electron chi connectivity index (χ4n) is 1.93. The van der Waals surface area contributed by atoms with Crippen molar-refractivity contribution in [3.05, 3.63) is 44.9 Å². The van der Waals surface area contributed by atoms with Crippen LogP contribution in [0.4, 0.5) is 0 Å². The molecule has 0 aliphatic rings. The van der Waals surface area contributed by atoms with Gasteiger partial charge < -0.3 is 10.5 Å². The molecule has 0 unspecified atom stereocenters. The molecule has 19 heavy (non-hydrogen) atoms. The Balaban J connectivity index is 2.06. The summed E-state index contributed by atoms with van der Waals surface area (Å²) in [5.74, 6) is 0.938. The topological polar surface area (TPSA) is 48.1 Å². The van der Waals surface area contributed by atoms with Crippen molar-refractivity contribution >= 4 is 11.3 Å². The van der Waals surface area contributed by atoms with Gasteiger partial charge in [-0.2, -0.15) is 0 Å². The molecule has 1 aromatic carbocycles. The fourth-order valence-corrected chi connectivity index (χ4v) is 2.93. The number of aromatic nitrogens is 1. The van der Waals surface area contributed by atoms with Gasteiger partial charge in [0.15, 0.2) is 0 Å². The number of nitrogens with two attached hydrogens (primary N) is 1. The smallest absolute Gasteiger partial charge is 0.140 e. The monoisotopic (exact) mass is 276 g/mol. The second-order valence-corrected chi connectivity index (χ2v) is 5.81. The largest absolute Gasteiger partial charge is 0.486 e. The van der Waals surface area contributed by atoms with Crippen molar-refractivity contribution in [1.29, 1.82) is 0 Å². The molecule has 0 aliphatic carbocycles. The van der Waals surface area contributed by atoms with Crippen LogP contribution >= 0.6 is 11.3 Å². The van der Waals surface area contributed by atoms with Crippen LogP contribution in [0, 0.1) is 20.8 Å². The molecule has 0 saturated carbocycles. The minimum Gasteiger partial charge on any atom is -0.486 e. The quantitative estimate of drug-likeness (QED) is 0.912. The van der Waals surface area contributed by atoms with Gasteiger partial charge in [-0.25, -0.2) is 4.98 Å². The van der Waals surface area contributed by atoms with E-state index in [4.69, 9.17) is 10.5 Å². The molecule has 1 heterocycles. The van der Waals surface area contributed by atoms with Crippen LogP contribution < -0.4 is 10.5 Å². The molecule has 2 rings (SSSR count). The summed E-state index contributed by atoms with van der Waals surface area (Å²) in [6, 6.07) is 6.11. The summed E-state index contributed by atoms with van der Waals surface area (Å²) in [5.41, 5.74) is 9.11. The van der Waals surface area contributed by atoms with E-state index in [0.717, 1.165) is 22.9 Å². The summed E-state index contributed by atoms with van der Waals surface area (Å²) < 4.78 is 5.87. The molecule has 4 heteroatoms. The van der Waals surface area contributed by atoms with E-state index in [2.05, 4.69) is 24.9 Å². The van der Waals surface area contributed by atoms with Gasteiger partial charge in [0.05, 0.1) is 5.69 Å². The van der Waals surface area contributed by atoms with Gasteiger partial charge >= 0.3 is 0 Å². The van der Waals surface area contributed by atoms with Crippen molar-refractivity contribution in [3.8, 4) is 5.75 Å². The summed E-state index contributed by atoms with van der Waals surface area (Å²) in [6.45, 7) is 7.40. The van der Waals surface area contributed by atoms with Crippen molar-refractivity contribution in [3.63, 3.8) is 0 Å². The standard InChI is InChI=1S/C15H20N2OS/c1-10-5-4-6-13(11(10)2)18-9-15-17-12(3)14(19-15)7-8-16/h4-6H,7-9,16H2,1-3H3. The molecule has 0 amide bonds. The van der Waals surface area contributed by atoms with E-state index < -0.39 is 0 Å². The highest BCUT2D eigenvalue weighted by Crippen LogP contribution is 2.24. The number of benzene rings is 1. The second-order valence-electron chi connectivity index (χ2n) is 4.64. The van der Waals surface area contributed by atoms with Crippen molar-refractivity contribution < 1.29 is 4.74 Å². The van der Waals surface area contributed by atoms with Gasteiger partial charge in [0.1, 0.15) is 17.4 Å². The molecular formula is C15H20N2OS. The van der Waals surface area contributed by atoms with Crippen molar-refractivity contribution in [1.82, 2.24) is 4.98 Å². The molecule has 1 aromatic heterocycles. The van der Waals surface area contributed by atoms with E-state index in [1.54, 1.807) is 11.3 Å². The average Bonchev–Trinajstić information content (AvgIpc) is 2.73. The van der Waals surface area contributed by atoms with Crippen LogP contribution in [-0.4, -0.2) is 11.5 Å². The van der Waals surface area contributed by atoms with Gasteiger partial charge in [-0.3, -0.25) is 0 Å². The third kappa shape index (κ3) is 3.33. The highest BCUT2D eigenvalue weighted by Gasteiger charge is 2.08. The highest BCUT2D eigenvalue weighted by molar-refractivity contribution is 7.11. The van der Waals surface area contributed by atoms with Gasteiger partial charge in [0.25, 0.3) is 0 Å². The molecule has 0 spiro atoms. The first kappa shape index (κ1) is 14.0. The number of nitrogens with zero attached hydrogens (tertiary/aromatic N) is 1. The third-order valence-electron chi connectivity index (χ3n) is 3.21. The maximum atomic E-state index is 5.87. The van der Waals surface area contributed by atoms with Crippen LogP contribution in [0.15, 0.2) is 18.2 Å². The molecule has 102 valence electrons. The fraction of sp³-hybridized carbons (Fsp3) is 0.400. The van der Waals surface area contributed by atoms with E-state index in [1.165, 1.54) is 16.0 Å². The number of ether oxygens (including phenoxy) is 1. The molecule has 2 aromatic rings. The zero-order valence-corrected chi connectivity index (χ0v) is 12.5. The number of hydrogen-bond acceptors (Lipinski definition) is 4. The number of aryl methyl sites for hydroxylation is 2. The molecule has 3 nitrogen and oxygen atoms in total. The molecule has 2 N–H and O–H groups in total. The summed E-state index contributed by atoms with van der Waals surface area (Å²) in [7, 11) is 0. The molecule has 0 radical (unpaired) electrons. The maximum absolute atomic E-state index is 5.87. The Hall–Kier alpha value is -1.39. The van der Waals surface area contributed by atoms with Crippen molar-refractivity contribution in [2.75, 3.05) is 6.54 Å². The summed E-state index contributed by atoms with van der Waals surface area (Å²) in [4.78, 5) is 5.80. The highest BCUT2D eigenvalue weighted by atomic mass is 32.1. The first-order valence-corrected chi connectivity index (χ1v) is 7.27. The lowest BCUT2D eigenvalue weighted by atomic mass is 10.1. The Morgan fingerprint density at radius 2 is 2.05 bits per heavy atom. The summed E-state index contributed by atoms with van der Waals surface area (Å²) >= 11 is 1.70. The van der Waals surface area contributed by atoms with Crippen LogP contribution in [0.5, 0.6) is 5.75 Å². The lowest BCUT2D eigenvalue weighted by molar-refractivity contribution is 0.303. The predicted octanol–water partition coefficient (Wildman–Crippen LogP) is 3.15. The molecule has 0 atom stereocenters. The van der Waals surface area contributed by atoms with Gasteiger partial charge in [-0.1, -0.05) is 12.1 Å². The summed E-state index contributed by atoms with van der Waals surface area (Å²) in [6.07, 6.45) is 0.896. The number of hydrogen-bond donors (Lipinski definition) is 1. The van der Waals surface area contributed by atoms with Gasteiger partial charge in [-0.05, 0) is 50.9 Å². The second kappa shape index (κ2) is 6.17. The lowest BCUT2D eigenvalue weighted by Gasteiger charge is -2.09. The van der Waals surface area contributed by atoms with E-state index in [9.17, 15) is 0 Å². The van der Waals surface area contributed by atoms with Gasteiger partial charge in [-0.15, -0.1) is 11.3 Å². The summed E-state index contributed by atoms with van der Waals surface area (Å²) in [5, 5.41) is 1.02. The van der Waals surface area contributed by atoms with Gasteiger partial charge in [0, 0.05) is 4.88 Å². The van der Waals surface area contributed by atoms with E-state index in [0.29, 0.717) is 13.2 Å². The maximum Gasteiger partial charge on any atom is 0.140 e. The molecule has 0 saturated heterocycles. The van der Waals surface area contributed by atoms with Crippen LogP contribution in [0.2, 0.25) is 0 Å². The van der Waals surface area contributed by atoms with Crippen LogP contribution in [0.3, 0.4) is 0 Å². The molecular weight excluding hydrogens is 256 g/mol. The Kier molecular flexibility index (Phi) is 4.56. The predicted molar refractivity (Wildman–Crippen MR) is 79.9 cm³/mol. The Labute approximate surface area is 118 Å². The van der Waals surface area contributed by atoms with Crippen LogP contribution in [0.1, 0.15) is 26.7 Å². The van der Waals surface area contributed by atoms with E-state index in [-0.39, 0.29) is 0 Å². The zero-order valence-electron chi connectivity index (χ0n) is 11.7. The van der Waals surface area contributed by atoms with E-state index in [1.807, 2.05) is 19.1 Å². The SMILES string of the molecule is Cc1cccc(OCc2nc(C)c(CCN)s2)c1C. The minimum atomic E-state index is 0.528. The lowest BCUT2D eigenvalue weighted by Crippen LogP contribution is -2.01. The minimum absolute atomic E-state index is 0.528. The first-order chi connectivity index (χ1) is 9.11. The van der Waals surface area contributed by atoms with Crippen LogP contribution in [0.25, 0.3) is 0 Å². The van der Waals surface area contributed by atoms with Gasteiger partial charge in [0.2, 0.25) is 0 Å².